The predicted molar refractivity (Wildman–Crippen MR) is 84.3 cm³/mol. The van der Waals surface area contributed by atoms with E-state index in [0.717, 1.165) is 5.69 Å². The van der Waals surface area contributed by atoms with Crippen molar-refractivity contribution in [3.63, 3.8) is 0 Å². The van der Waals surface area contributed by atoms with Crippen molar-refractivity contribution in [3.05, 3.63) is 40.0 Å². The molecular formula is C13H7Cl2N5OS. The van der Waals surface area contributed by atoms with E-state index in [4.69, 9.17) is 27.7 Å². The van der Waals surface area contributed by atoms with Crippen molar-refractivity contribution in [3.8, 4) is 22.2 Å². The van der Waals surface area contributed by atoms with Gasteiger partial charge in [-0.1, -0.05) is 45.8 Å². The van der Waals surface area contributed by atoms with E-state index in [-0.39, 0.29) is 0 Å². The molecule has 0 N–H and O–H groups in total. The molecule has 3 heterocycles. The first kappa shape index (κ1) is 13.7. The van der Waals surface area contributed by atoms with Crippen LogP contribution in [0, 0.1) is 6.92 Å². The van der Waals surface area contributed by atoms with Crippen LogP contribution >= 0.6 is 34.5 Å². The number of aromatic nitrogens is 5. The van der Waals surface area contributed by atoms with Crippen LogP contribution in [0.3, 0.4) is 0 Å². The first-order chi connectivity index (χ1) is 10.6. The molecule has 22 heavy (non-hydrogen) atoms. The quantitative estimate of drug-likeness (QED) is 0.543. The summed E-state index contributed by atoms with van der Waals surface area (Å²) in [5, 5.41) is 18.1. The number of halogens is 2. The Morgan fingerprint density at radius 1 is 1.23 bits per heavy atom. The third-order valence-electron chi connectivity index (χ3n) is 3.02. The third-order valence-corrected chi connectivity index (χ3v) is 4.75. The fraction of sp³-hybridized carbons (Fsp3) is 0.0769. The number of benzene rings is 1. The normalized spacial score (nSPS) is 11.4. The zero-order valence-corrected chi connectivity index (χ0v) is 13.4. The fourth-order valence-electron chi connectivity index (χ4n) is 2.03. The second-order valence-electron chi connectivity index (χ2n) is 4.56. The first-order valence-corrected chi connectivity index (χ1v) is 7.81. The van der Waals surface area contributed by atoms with Crippen molar-refractivity contribution in [2.24, 2.45) is 0 Å². The Labute approximate surface area is 138 Å². The van der Waals surface area contributed by atoms with Gasteiger partial charge in [-0.2, -0.15) is 4.52 Å². The maximum absolute atomic E-state index is 6.25. The zero-order valence-electron chi connectivity index (χ0n) is 11.1. The topological polar surface area (TPSA) is 69.1 Å². The van der Waals surface area contributed by atoms with Crippen molar-refractivity contribution in [2.45, 2.75) is 6.92 Å². The van der Waals surface area contributed by atoms with Crippen LogP contribution in [0.25, 0.3) is 27.1 Å². The predicted octanol–water partition coefficient (Wildman–Crippen LogP) is 4.12. The number of rotatable bonds is 2. The molecule has 0 bridgehead atoms. The van der Waals surface area contributed by atoms with Crippen LogP contribution < -0.4 is 0 Å². The summed E-state index contributed by atoms with van der Waals surface area (Å²) >= 11 is 13.7. The summed E-state index contributed by atoms with van der Waals surface area (Å²) in [7, 11) is 0. The molecule has 0 radical (unpaired) electrons. The lowest BCUT2D eigenvalue weighted by molar-refractivity contribution is 0.426. The van der Waals surface area contributed by atoms with Gasteiger partial charge in [-0.05, 0) is 19.1 Å². The summed E-state index contributed by atoms with van der Waals surface area (Å²) in [5.74, 6) is 1.12. The molecule has 4 aromatic rings. The molecule has 0 spiro atoms. The van der Waals surface area contributed by atoms with Gasteiger partial charge in [0.25, 0.3) is 0 Å². The van der Waals surface area contributed by atoms with Gasteiger partial charge in [0, 0.05) is 11.6 Å². The minimum atomic E-state index is 0.420. The van der Waals surface area contributed by atoms with Gasteiger partial charge in [0.2, 0.25) is 4.96 Å². The SMILES string of the molecule is Cc1cc(-c2nn3c(-c4cccc(Cl)c4Cl)nnc3s2)on1. The van der Waals surface area contributed by atoms with Crippen LogP contribution in [0.4, 0.5) is 0 Å². The molecule has 0 saturated heterocycles. The minimum absolute atomic E-state index is 0.420. The molecular weight excluding hydrogens is 345 g/mol. The monoisotopic (exact) mass is 351 g/mol. The molecule has 0 atom stereocenters. The number of hydrogen-bond acceptors (Lipinski definition) is 6. The van der Waals surface area contributed by atoms with Crippen LogP contribution in [0.15, 0.2) is 28.8 Å². The molecule has 4 rings (SSSR count). The van der Waals surface area contributed by atoms with E-state index in [1.54, 1.807) is 16.6 Å². The smallest absolute Gasteiger partial charge is 0.235 e. The number of aryl methyl sites for hydroxylation is 1. The second-order valence-corrected chi connectivity index (χ2v) is 6.30. The Kier molecular flexibility index (Phi) is 3.14. The molecule has 110 valence electrons. The Morgan fingerprint density at radius 3 is 2.86 bits per heavy atom. The molecule has 0 saturated carbocycles. The summed E-state index contributed by atoms with van der Waals surface area (Å²) in [4.78, 5) is 0.634. The van der Waals surface area contributed by atoms with Crippen molar-refractivity contribution in [1.29, 1.82) is 0 Å². The van der Waals surface area contributed by atoms with Gasteiger partial charge in [-0.15, -0.1) is 15.3 Å². The largest absolute Gasteiger partial charge is 0.353 e. The highest BCUT2D eigenvalue weighted by molar-refractivity contribution is 7.19. The molecule has 0 aliphatic heterocycles. The molecule has 0 aliphatic rings. The van der Waals surface area contributed by atoms with Crippen LogP contribution in [-0.4, -0.2) is 25.0 Å². The average molecular weight is 352 g/mol. The van der Waals surface area contributed by atoms with E-state index in [1.807, 2.05) is 19.1 Å². The first-order valence-electron chi connectivity index (χ1n) is 6.24. The second kappa shape index (κ2) is 5.05. The number of hydrogen-bond donors (Lipinski definition) is 0. The maximum Gasteiger partial charge on any atom is 0.235 e. The van der Waals surface area contributed by atoms with Gasteiger partial charge >= 0.3 is 0 Å². The molecule has 6 nitrogen and oxygen atoms in total. The van der Waals surface area contributed by atoms with Gasteiger partial charge in [0.05, 0.1) is 15.7 Å². The Bertz CT molecular complexity index is 990. The van der Waals surface area contributed by atoms with Crippen LogP contribution in [-0.2, 0) is 0 Å². The highest BCUT2D eigenvalue weighted by Gasteiger charge is 2.19. The van der Waals surface area contributed by atoms with E-state index < -0.39 is 0 Å². The molecule has 9 heteroatoms. The fourth-order valence-corrected chi connectivity index (χ4v) is 3.20. The lowest BCUT2D eigenvalue weighted by Crippen LogP contribution is -1.91. The summed E-state index contributed by atoms with van der Waals surface area (Å²) in [5.41, 5.74) is 1.46. The third kappa shape index (κ3) is 2.09. The maximum atomic E-state index is 6.25. The summed E-state index contributed by atoms with van der Waals surface area (Å²) in [6.45, 7) is 1.85. The highest BCUT2D eigenvalue weighted by atomic mass is 35.5. The van der Waals surface area contributed by atoms with Crippen LogP contribution in [0.1, 0.15) is 5.69 Å². The Balaban J connectivity index is 1.89. The summed E-state index contributed by atoms with van der Waals surface area (Å²) in [6.07, 6.45) is 0. The molecule has 0 amide bonds. The van der Waals surface area contributed by atoms with E-state index in [0.29, 0.717) is 37.2 Å². The van der Waals surface area contributed by atoms with E-state index in [9.17, 15) is 0 Å². The van der Waals surface area contributed by atoms with Crippen molar-refractivity contribution in [2.75, 3.05) is 0 Å². The number of nitrogens with zero attached hydrogens (tertiary/aromatic N) is 5. The van der Waals surface area contributed by atoms with Gasteiger partial charge in [0.15, 0.2) is 16.6 Å². The van der Waals surface area contributed by atoms with E-state index in [1.165, 1.54) is 11.3 Å². The lowest BCUT2D eigenvalue weighted by atomic mass is 10.2. The van der Waals surface area contributed by atoms with Crippen molar-refractivity contribution in [1.82, 2.24) is 25.0 Å². The summed E-state index contributed by atoms with van der Waals surface area (Å²) in [6, 6.07) is 7.16. The van der Waals surface area contributed by atoms with Crippen molar-refractivity contribution < 1.29 is 4.52 Å². The van der Waals surface area contributed by atoms with E-state index >= 15 is 0 Å². The van der Waals surface area contributed by atoms with Crippen LogP contribution in [0.2, 0.25) is 10.0 Å². The summed E-state index contributed by atoms with van der Waals surface area (Å²) < 4.78 is 6.85. The molecule has 0 fully saturated rings. The highest BCUT2D eigenvalue weighted by Crippen LogP contribution is 2.34. The molecule has 1 aromatic carbocycles. The van der Waals surface area contributed by atoms with Gasteiger partial charge in [-0.25, -0.2) is 0 Å². The van der Waals surface area contributed by atoms with Crippen LogP contribution in [0.5, 0.6) is 0 Å². The van der Waals surface area contributed by atoms with Gasteiger partial charge in [-0.3, -0.25) is 0 Å². The lowest BCUT2D eigenvalue weighted by Gasteiger charge is -2.01. The van der Waals surface area contributed by atoms with Gasteiger partial charge < -0.3 is 4.52 Å². The van der Waals surface area contributed by atoms with Gasteiger partial charge in [0.1, 0.15) is 0 Å². The molecule has 3 aromatic heterocycles. The number of fused-ring (bicyclic) bond motifs is 1. The van der Waals surface area contributed by atoms with E-state index in [2.05, 4.69) is 20.5 Å². The Hall–Kier alpha value is -1.96. The minimum Gasteiger partial charge on any atom is -0.353 e. The molecule has 0 unspecified atom stereocenters. The molecule has 0 aliphatic carbocycles. The standard InChI is InChI=1S/C13H7Cl2N5OS/c1-6-5-9(21-19-6)12-18-20-11(16-17-13(20)22-12)7-3-2-4-8(14)10(7)15/h2-5H,1H3. The van der Waals surface area contributed by atoms with Crippen molar-refractivity contribution >= 4 is 39.5 Å². The average Bonchev–Trinajstić information content (AvgIpc) is 3.17. The Morgan fingerprint density at radius 2 is 2.09 bits per heavy atom. The zero-order chi connectivity index (χ0) is 15.3.